The molecule has 2 aliphatic rings. The van der Waals surface area contributed by atoms with Gasteiger partial charge >= 0.3 is 0 Å². The molecule has 1 atom stereocenters. The summed E-state index contributed by atoms with van der Waals surface area (Å²) in [5.74, 6) is 1.62. The van der Waals surface area contributed by atoms with E-state index in [2.05, 4.69) is 38.2 Å². The van der Waals surface area contributed by atoms with Crippen molar-refractivity contribution in [2.24, 2.45) is 0 Å². The van der Waals surface area contributed by atoms with Gasteiger partial charge in [0, 0.05) is 12.0 Å². The zero-order chi connectivity index (χ0) is 19.7. The Labute approximate surface area is 167 Å². The summed E-state index contributed by atoms with van der Waals surface area (Å²) < 4.78 is 12.0. The first kappa shape index (κ1) is 18.9. The second-order valence-electron chi connectivity index (χ2n) is 8.62. The van der Waals surface area contributed by atoms with Crippen LogP contribution in [0.2, 0.25) is 0 Å². The van der Waals surface area contributed by atoms with Crippen molar-refractivity contribution in [3.63, 3.8) is 0 Å². The fourth-order valence-electron chi connectivity index (χ4n) is 4.36. The van der Waals surface area contributed by atoms with Gasteiger partial charge in [0.1, 0.15) is 17.1 Å². The zero-order valence-electron chi connectivity index (χ0n) is 17.0. The molecule has 0 fully saturated rings. The molecular formula is C24H29NO3. The minimum absolute atomic E-state index is 0.0371. The Morgan fingerprint density at radius 2 is 2.04 bits per heavy atom. The highest BCUT2D eigenvalue weighted by Crippen LogP contribution is 2.39. The van der Waals surface area contributed by atoms with E-state index >= 15 is 0 Å². The van der Waals surface area contributed by atoms with Gasteiger partial charge in [-0.3, -0.25) is 4.79 Å². The van der Waals surface area contributed by atoms with Crippen molar-refractivity contribution in [1.29, 1.82) is 0 Å². The number of benzene rings is 2. The van der Waals surface area contributed by atoms with Crippen LogP contribution in [0.3, 0.4) is 0 Å². The summed E-state index contributed by atoms with van der Waals surface area (Å²) in [5, 5.41) is 3.16. The van der Waals surface area contributed by atoms with E-state index in [4.69, 9.17) is 9.47 Å². The molecular weight excluding hydrogens is 350 g/mol. The predicted molar refractivity (Wildman–Crippen MR) is 110 cm³/mol. The van der Waals surface area contributed by atoms with Gasteiger partial charge in [0.2, 0.25) is 0 Å². The number of carbonyl (C=O) groups excluding carboxylic acids is 1. The number of aryl methyl sites for hydroxylation is 2. The van der Waals surface area contributed by atoms with Crippen LogP contribution in [0.25, 0.3) is 0 Å². The highest BCUT2D eigenvalue weighted by atomic mass is 16.5. The average Bonchev–Trinajstić information content (AvgIpc) is 2.66. The van der Waals surface area contributed by atoms with Crippen molar-refractivity contribution in [1.82, 2.24) is 5.32 Å². The van der Waals surface area contributed by atoms with E-state index in [-0.39, 0.29) is 24.2 Å². The Morgan fingerprint density at radius 1 is 1.21 bits per heavy atom. The predicted octanol–water partition coefficient (Wildman–Crippen LogP) is 4.67. The number of hydrogen-bond donors (Lipinski definition) is 1. The summed E-state index contributed by atoms with van der Waals surface area (Å²) in [4.78, 5) is 12.7. The highest BCUT2D eigenvalue weighted by molar-refractivity contribution is 5.78. The van der Waals surface area contributed by atoms with E-state index in [1.165, 1.54) is 24.0 Å². The van der Waals surface area contributed by atoms with E-state index in [9.17, 15) is 4.79 Å². The molecule has 1 aliphatic heterocycles. The van der Waals surface area contributed by atoms with Gasteiger partial charge < -0.3 is 14.8 Å². The third kappa shape index (κ3) is 4.01. The standard InChI is InChI=1S/C24H29NO3/c1-16-11-12-22-19(13-16)20(14-24(2,3)28-22)25-23(26)15-27-21-10-6-8-17-7-4-5-9-18(17)21/h6,8,10-13,20H,4-5,7,9,14-15H2,1-3H3,(H,25,26). The van der Waals surface area contributed by atoms with Gasteiger partial charge in [0.15, 0.2) is 6.61 Å². The van der Waals surface area contributed by atoms with Crippen LogP contribution in [0.4, 0.5) is 0 Å². The molecule has 2 aromatic carbocycles. The van der Waals surface area contributed by atoms with Gasteiger partial charge in [0.05, 0.1) is 6.04 Å². The molecule has 0 saturated heterocycles. The lowest BCUT2D eigenvalue weighted by atomic mass is 9.89. The summed E-state index contributed by atoms with van der Waals surface area (Å²) >= 11 is 0. The van der Waals surface area contributed by atoms with Crippen molar-refractivity contribution < 1.29 is 14.3 Å². The molecule has 4 rings (SSSR count). The van der Waals surface area contributed by atoms with Crippen LogP contribution in [0.15, 0.2) is 36.4 Å². The molecule has 0 saturated carbocycles. The first-order valence-electron chi connectivity index (χ1n) is 10.2. The van der Waals surface area contributed by atoms with E-state index in [0.29, 0.717) is 0 Å². The van der Waals surface area contributed by atoms with E-state index in [1.807, 2.05) is 24.3 Å². The largest absolute Gasteiger partial charge is 0.487 e. The van der Waals surface area contributed by atoms with Crippen LogP contribution < -0.4 is 14.8 Å². The van der Waals surface area contributed by atoms with Crippen LogP contribution in [0.1, 0.15) is 61.4 Å². The Morgan fingerprint density at radius 3 is 2.89 bits per heavy atom. The van der Waals surface area contributed by atoms with Crippen LogP contribution in [0, 0.1) is 6.92 Å². The first-order chi connectivity index (χ1) is 13.4. The monoisotopic (exact) mass is 379 g/mol. The molecule has 1 heterocycles. The van der Waals surface area contributed by atoms with Gasteiger partial charge in [-0.1, -0.05) is 29.8 Å². The number of amides is 1. The fourth-order valence-corrected chi connectivity index (χ4v) is 4.36. The lowest BCUT2D eigenvalue weighted by Crippen LogP contribution is -2.42. The normalized spacial score (nSPS) is 19.8. The van der Waals surface area contributed by atoms with E-state index < -0.39 is 0 Å². The fraction of sp³-hybridized carbons (Fsp3) is 0.458. The summed E-state index contributed by atoms with van der Waals surface area (Å²) in [6, 6.07) is 12.2. The molecule has 28 heavy (non-hydrogen) atoms. The summed E-state index contributed by atoms with van der Waals surface area (Å²) in [7, 11) is 0. The van der Waals surface area contributed by atoms with Crippen molar-refractivity contribution in [2.45, 2.75) is 64.5 Å². The number of rotatable bonds is 4. The lowest BCUT2D eigenvalue weighted by Gasteiger charge is -2.38. The molecule has 1 unspecified atom stereocenters. The van der Waals surface area contributed by atoms with Crippen molar-refractivity contribution >= 4 is 5.91 Å². The van der Waals surface area contributed by atoms with Gasteiger partial charge in [0.25, 0.3) is 5.91 Å². The molecule has 0 spiro atoms. The van der Waals surface area contributed by atoms with Crippen LogP contribution in [-0.4, -0.2) is 18.1 Å². The summed E-state index contributed by atoms with van der Waals surface area (Å²) in [6.45, 7) is 6.21. The third-order valence-electron chi connectivity index (χ3n) is 5.67. The SMILES string of the molecule is Cc1ccc2c(c1)C(NC(=O)COc1cccc3c1CCCC3)CC(C)(C)O2. The second-order valence-corrected chi connectivity index (χ2v) is 8.62. The maximum atomic E-state index is 12.7. The van der Waals surface area contributed by atoms with Crippen LogP contribution in [0.5, 0.6) is 11.5 Å². The average molecular weight is 380 g/mol. The Kier molecular flexibility index (Phi) is 5.05. The quantitative estimate of drug-likeness (QED) is 0.840. The van der Waals surface area contributed by atoms with Crippen LogP contribution in [-0.2, 0) is 17.6 Å². The highest BCUT2D eigenvalue weighted by Gasteiger charge is 2.34. The Bertz CT molecular complexity index is 887. The van der Waals surface area contributed by atoms with Gasteiger partial charge in [-0.05, 0) is 69.7 Å². The van der Waals surface area contributed by atoms with Gasteiger partial charge in [-0.2, -0.15) is 0 Å². The maximum Gasteiger partial charge on any atom is 0.258 e. The first-order valence-corrected chi connectivity index (χ1v) is 10.2. The van der Waals surface area contributed by atoms with E-state index in [1.54, 1.807) is 0 Å². The summed E-state index contributed by atoms with van der Waals surface area (Å²) in [6.07, 6.45) is 5.29. The number of carbonyl (C=O) groups is 1. The molecule has 0 aromatic heterocycles. The Balaban J connectivity index is 1.45. The second kappa shape index (κ2) is 7.50. The molecule has 1 amide bonds. The van der Waals surface area contributed by atoms with Gasteiger partial charge in [-0.15, -0.1) is 0 Å². The van der Waals surface area contributed by atoms with Crippen LogP contribution >= 0.6 is 0 Å². The minimum atomic E-state index is -0.320. The number of fused-ring (bicyclic) bond motifs is 2. The van der Waals surface area contributed by atoms with Gasteiger partial charge in [-0.25, -0.2) is 0 Å². The number of nitrogens with one attached hydrogen (secondary N) is 1. The summed E-state index contributed by atoms with van der Waals surface area (Å²) in [5.41, 5.74) is 4.52. The van der Waals surface area contributed by atoms with Crippen molar-refractivity contribution in [3.05, 3.63) is 58.7 Å². The molecule has 0 radical (unpaired) electrons. The Hall–Kier alpha value is -2.49. The molecule has 148 valence electrons. The zero-order valence-corrected chi connectivity index (χ0v) is 17.0. The number of ether oxygens (including phenoxy) is 2. The maximum absolute atomic E-state index is 12.7. The molecule has 1 aliphatic carbocycles. The molecule has 1 N–H and O–H groups in total. The minimum Gasteiger partial charge on any atom is -0.487 e. The van der Waals surface area contributed by atoms with E-state index in [0.717, 1.165) is 41.9 Å². The van der Waals surface area contributed by atoms with Crippen molar-refractivity contribution in [3.8, 4) is 11.5 Å². The smallest absolute Gasteiger partial charge is 0.258 e. The topological polar surface area (TPSA) is 47.6 Å². The number of hydrogen-bond acceptors (Lipinski definition) is 3. The third-order valence-corrected chi connectivity index (χ3v) is 5.67. The van der Waals surface area contributed by atoms with Crippen molar-refractivity contribution in [2.75, 3.05) is 6.61 Å². The molecule has 2 aromatic rings. The molecule has 4 heteroatoms. The molecule has 4 nitrogen and oxygen atoms in total. The molecule has 0 bridgehead atoms. The lowest BCUT2D eigenvalue weighted by molar-refractivity contribution is -0.124.